The minimum Gasteiger partial charge on any atom is -0.339 e. The molecule has 0 unspecified atom stereocenters. The van der Waals surface area contributed by atoms with E-state index in [9.17, 15) is 13.2 Å². The van der Waals surface area contributed by atoms with Crippen LogP contribution in [0.4, 0.5) is 18.3 Å². The van der Waals surface area contributed by atoms with Gasteiger partial charge in [0, 0.05) is 11.9 Å². The van der Waals surface area contributed by atoms with Crippen LogP contribution in [0.3, 0.4) is 0 Å². The highest BCUT2D eigenvalue weighted by molar-refractivity contribution is 7.13. The van der Waals surface area contributed by atoms with Gasteiger partial charge in [0.1, 0.15) is 6.54 Å². The third-order valence-corrected chi connectivity index (χ3v) is 2.92. The van der Waals surface area contributed by atoms with Crippen molar-refractivity contribution < 1.29 is 13.2 Å². The average Bonchev–Trinajstić information content (AvgIpc) is 2.60. The number of anilines is 1. The summed E-state index contributed by atoms with van der Waals surface area (Å²) in [6.45, 7) is 0.959. The van der Waals surface area contributed by atoms with Crippen molar-refractivity contribution in [3.63, 3.8) is 0 Å². The number of aromatic nitrogens is 1. The molecule has 1 heterocycles. The van der Waals surface area contributed by atoms with Gasteiger partial charge in [-0.2, -0.15) is 13.2 Å². The molecule has 0 N–H and O–H groups in total. The Balaban J connectivity index is 2.74. The number of hydrogen-bond acceptors (Lipinski definition) is 3. The zero-order valence-corrected chi connectivity index (χ0v) is 9.59. The zero-order valence-electron chi connectivity index (χ0n) is 8.01. The SMILES string of the molecule is CCN(CC(F)(F)F)c1nc(CCl)cs1. The molecule has 0 aromatic carbocycles. The standard InChI is InChI=1S/C8H10ClF3N2S/c1-2-14(5-8(10,11)12)7-13-6(3-9)4-15-7/h4H,2-3,5H2,1H3. The van der Waals surface area contributed by atoms with E-state index in [1.165, 1.54) is 16.2 Å². The molecule has 2 nitrogen and oxygen atoms in total. The van der Waals surface area contributed by atoms with Gasteiger partial charge >= 0.3 is 6.18 Å². The highest BCUT2D eigenvalue weighted by atomic mass is 35.5. The molecule has 0 spiro atoms. The number of nitrogens with zero attached hydrogens (tertiary/aromatic N) is 2. The van der Waals surface area contributed by atoms with Crippen molar-refractivity contribution in [2.45, 2.75) is 19.0 Å². The quantitative estimate of drug-likeness (QED) is 0.771. The van der Waals surface area contributed by atoms with Gasteiger partial charge in [0.25, 0.3) is 0 Å². The maximum absolute atomic E-state index is 12.2. The van der Waals surface area contributed by atoms with Crippen LogP contribution in [0.2, 0.25) is 0 Å². The minimum atomic E-state index is -4.21. The fourth-order valence-corrected chi connectivity index (χ4v) is 2.15. The first kappa shape index (κ1) is 12.6. The Kier molecular flexibility index (Phi) is 4.21. The Morgan fingerprint density at radius 2 is 2.20 bits per heavy atom. The van der Waals surface area contributed by atoms with E-state index in [4.69, 9.17) is 11.6 Å². The summed E-state index contributed by atoms with van der Waals surface area (Å²) >= 11 is 6.70. The van der Waals surface area contributed by atoms with Crippen molar-refractivity contribution in [3.05, 3.63) is 11.1 Å². The second-order valence-corrected chi connectivity index (χ2v) is 3.99. The molecule has 86 valence electrons. The molecule has 0 radical (unpaired) electrons. The van der Waals surface area contributed by atoms with Gasteiger partial charge in [0.2, 0.25) is 0 Å². The summed E-state index contributed by atoms with van der Waals surface area (Å²) in [6.07, 6.45) is -4.21. The second kappa shape index (κ2) is 5.03. The van der Waals surface area contributed by atoms with Crippen LogP contribution in [0.1, 0.15) is 12.6 Å². The predicted molar refractivity (Wildman–Crippen MR) is 55.6 cm³/mol. The Morgan fingerprint density at radius 1 is 1.53 bits per heavy atom. The topological polar surface area (TPSA) is 16.1 Å². The Morgan fingerprint density at radius 3 is 2.60 bits per heavy atom. The molecule has 0 aliphatic heterocycles. The van der Waals surface area contributed by atoms with E-state index in [0.717, 1.165) is 0 Å². The van der Waals surface area contributed by atoms with Crippen molar-refractivity contribution in [1.29, 1.82) is 0 Å². The molecule has 0 atom stereocenters. The van der Waals surface area contributed by atoms with Crippen LogP contribution < -0.4 is 4.90 Å². The number of alkyl halides is 4. The molecule has 0 aliphatic rings. The average molecular weight is 259 g/mol. The molecule has 0 amide bonds. The Hall–Kier alpha value is -0.490. The van der Waals surface area contributed by atoms with Crippen molar-refractivity contribution >= 4 is 28.1 Å². The molecule has 0 aliphatic carbocycles. The summed E-state index contributed by atoms with van der Waals surface area (Å²) in [5.74, 6) is 0.222. The summed E-state index contributed by atoms with van der Waals surface area (Å²) in [4.78, 5) is 5.18. The molecule has 1 aromatic heterocycles. The molecule has 1 aromatic rings. The molecule has 0 saturated heterocycles. The van der Waals surface area contributed by atoms with Crippen molar-refractivity contribution in [2.24, 2.45) is 0 Å². The van der Waals surface area contributed by atoms with Crippen LogP contribution in [-0.4, -0.2) is 24.2 Å². The molecular formula is C8H10ClF3N2S. The van der Waals surface area contributed by atoms with Crippen LogP contribution >= 0.6 is 22.9 Å². The van der Waals surface area contributed by atoms with E-state index in [1.807, 2.05) is 0 Å². The van der Waals surface area contributed by atoms with Crippen LogP contribution in [0.25, 0.3) is 0 Å². The lowest BCUT2D eigenvalue weighted by Crippen LogP contribution is -2.34. The Labute approximate surface area is 94.7 Å². The van der Waals surface area contributed by atoms with E-state index in [2.05, 4.69) is 4.98 Å². The Bertz CT molecular complexity index is 313. The van der Waals surface area contributed by atoms with E-state index in [1.54, 1.807) is 12.3 Å². The number of thiazole rings is 1. The summed E-state index contributed by atoms with van der Waals surface area (Å²) in [5, 5.41) is 2.03. The highest BCUT2D eigenvalue weighted by Crippen LogP contribution is 2.25. The van der Waals surface area contributed by atoms with Crippen molar-refractivity contribution in [1.82, 2.24) is 4.98 Å². The van der Waals surface area contributed by atoms with Gasteiger partial charge in [-0.1, -0.05) is 0 Å². The molecular weight excluding hydrogens is 249 g/mol. The van der Waals surface area contributed by atoms with Gasteiger partial charge in [-0.25, -0.2) is 4.98 Å². The van der Waals surface area contributed by atoms with Gasteiger partial charge in [0.05, 0.1) is 11.6 Å². The smallest absolute Gasteiger partial charge is 0.339 e. The van der Waals surface area contributed by atoms with Gasteiger partial charge in [-0.3, -0.25) is 0 Å². The van der Waals surface area contributed by atoms with Crippen molar-refractivity contribution in [2.75, 3.05) is 18.0 Å². The maximum Gasteiger partial charge on any atom is 0.406 e. The summed E-state index contributed by atoms with van der Waals surface area (Å²) < 4.78 is 36.5. The third kappa shape index (κ3) is 3.87. The predicted octanol–water partition coefficient (Wildman–Crippen LogP) is 3.27. The van der Waals surface area contributed by atoms with Gasteiger partial charge < -0.3 is 4.90 Å². The normalized spacial score (nSPS) is 11.8. The van der Waals surface area contributed by atoms with Gasteiger partial charge in [0.15, 0.2) is 5.13 Å². The number of hydrogen-bond donors (Lipinski definition) is 0. The highest BCUT2D eigenvalue weighted by Gasteiger charge is 2.31. The fraction of sp³-hybridized carbons (Fsp3) is 0.625. The first-order valence-electron chi connectivity index (χ1n) is 4.28. The van der Waals surface area contributed by atoms with Gasteiger partial charge in [-0.05, 0) is 6.92 Å². The maximum atomic E-state index is 12.2. The van der Waals surface area contributed by atoms with Crippen LogP contribution in [-0.2, 0) is 5.88 Å². The fourth-order valence-electron chi connectivity index (χ4n) is 1.03. The van der Waals surface area contributed by atoms with Crippen LogP contribution in [0.5, 0.6) is 0 Å². The third-order valence-electron chi connectivity index (χ3n) is 1.70. The summed E-state index contributed by atoms with van der Waals surface area (Å²) in [6, 6.07) is 0. The molecule has 15 heavy (non-hydrogen) atoms. The molecule has 0 bridgehead atoms. The first-order chi connectivity index (χ1) is 6.96. The van der Waals surface area contributed by atoms with E-state index in [-0.39, 0.29) is 12.4 Å². The van der Waals surface area contributed by atoms with E-state index in [0.29, 0.717) is 10.8 Å². The lowest BCUT2D eigenvalue weighted by atomic mass is 10.5. The minimum absolute atomic E-state index is 0.222. The number of rotatable bonds is 4. The molecule has 0 saturated carbocycles. The second-order valence-electron chi connectivity index (χ2n) is 2.88. The number of halogens is 4. The van der Waals surface area contributed by atoms with E-state index < -0.39 is 12.7 Å². The molecule has 0 fully saturated rings. The molecule has 1 rings (SSSR count). The first-order valence-corrected chi connectivity index (χ1v) is 5.69. The summed E-state index contributed by atoms with van der Waals surface area (Å²) in [5.41, 5.74) is 0.609. The van der Waals surface area contributed by atoms with Gasteiger partial charge in [-0.15, -0.1) is 22.9 Å². The summed E-state index contributed by atoms with van der Waals surface area (Å²) in [7, 11) is 0. The zero-order chi connectivity index (χ0) is 11.5. The largest absolute Gasteiger partial charge is 0.406 e. The lowest BCUT2D eigenvalue weighted by molar-refractivity contribution is -0.119. The van der Waals surface area contributed by atoms with Crippen LogP contribution in [0.15, 0.2) is 5.38 Å². The molecule has 7 heteroatoms. The van der Waals surface area contributed by atoms with Crippen molar-refractivity contribution in [3.8, 4) is 0 Å². The lowest BCUT2D eigenvalue weighted by Gasteiger charge is -2.21. The van der Waals surface area contributed by atoms with E-state index >= 15 is 0 Å². The van der Waals surface area contributed by atoms with Crippen LogP contribution in [0, 0.1) is 0 Å². The monoisotopic (exact) mass is 258 g/mol.